The van der Waals surface area contributed by atoms with Crippen LogP contribution >= 0.6 is 0 Å². The van der Waals surface area contributed by atoms with E-state index in [0.29, 0.717) is 0 Å². The van der Waals surface area contributed by atoms with Gasteiger partial charge in [0.25, 0.3) is 0 Å². The van der Waals surface area contributed by atoms with Crippen molar-refractivity contribution in [2.45, 2.75) is 65.7 Å². The van der Waals surface area contributed by atoms with Gasteiger partial charge in [0.05, 0.1) is 12.6 Å². The summed E-state index contributed by atoms with van der Waals surface area (Å²) in [5.41, 5.74) is 5.82. The van der Waals surface area contributed by atoms with Gasteiger partial charge in [-0.25, -0.2) is 4.79 Å². The number of nitrogens with two attached hydrogens (primary N) is 1. The minimum absolute atomic E-state index is 0.114. The SMILES string of the molecule is CC(C)C(N)C(=O)NC(C(=O)NC(C(=O)NC(CO)C(=O)O)C(C)C)C(C)C. The van der Waals surface area contributed by atoms with Gasteiger partial charge in [0.1, 0.15) is 18.1 Å². The number of aliphatic hydroxyl groups is 1. The number of aliphatic carboxylic acids is 1. The van der Waals surface area contributed by atoms with Crippen molar-refractivity contribution in [1.82, 2.24) is 16.0 Å². The second-order valence-corrected chi connectivity index (χ2v) is 7.81. The van der Waals surface area contributed by atoms with Crippen molar-refractivity contribution in [1.29, 1.82) is 0 Å². The molecule has 0 heterocycles. The van der Waals surface area contributed by atoms with E-state index in [4.69, 9.17) is 15.9 Å². The molecule has 3 amide bonds. The Morgan fingerprint density at radius 3 is 1.46 bits per heavy atom. The molecule has 0 aliphatic carbocycles. The van der Waals surface area contributed by atoms with E-state index >= 15 is 0 Å². The summed E-state index contributed by atoms with van der Waals surface area (Å²) in [4.78, 5) is 48.3. The quantitative estimate of drug-likeness (QED) is 0.252. The molecule has 0 bridgehead atoms. The normalized spacial score (nSPS) is 15.7. The highest BCUT2D eigenvalue weighted by Gasteiger charge is 2.33. The van der Waals surface area contributed by atoms with Crippen molar-refractivity contribution in [2.24, 2.45) is 23.5 Å². The van der Waals surface area contributed by atoms with Crippen LogP contribution in [0.2, 0.25) is 0 Å². The van der Waals surface area contributed by atoms with Crippen molar-refractivity contribution < 1.29 is 29.4 Å². The molecule has 0 rings (SSSR count). The van der Waals surface area contributed by atoms with E-state index in [1.165, 1.54) is 0 Å². The molecule has 0 aliphatic heterocycles. The maximum Gasteiger partial charge on any atom is 0.328 e. The lowest BCUT2D eigenvalue weighted by Crippen LogP contribution is -2.60. The van der Waals surface area contributed by atoms with E-state index in [9.17, 15) is 19.2 Å². The fourth-order valence-corrected chi connectivity index (χ4v) is 2.31. The topological polar surface area (TPSA) is 171 Å². The smallest absolute Gasteiger partial charge is 0.328 e. The minimum atomic E-state index is -1.48. The van der Waals surface area contributed by atoms with Crippen molar-refractivity contribution in [2.75, 3.05) is 6.61 Å². The Kier molecular flexibility index (Phi) is 10.7. The molecule has 0 aromatic heterocycles. The van der Waals surface area contributed by atoms with Crippen LogP contribution in [0.25, 0.3) is 0 Å². The average Bonchev–Trinajstić information content (AvgIpc) is 2.59. The van der Waals surface area contributed by atoms with Gasteiger partial charge in [0, 0.05) is 0 Å². The molecule has 0 radical (unpaired) electrons. The molecule has 0 aromatic carbocycles. The van der Waals surface area contributed by atoms with E-state index in [-0.39, 0.29) is 17.8 Å². The molecule has 4 atom stereocenters. The first kappa shape index (κ1) is 25.8. The molecule has 0 aromatic rings. The van der Waals surface area contributed by atoms with Crippen LogP contribution in [0.4, 0.5) is 0 Å². The average molecular weight is 402 g/mol. The predicted octanol–water partition coefficient (Wildman–Crippen LogP) is -1.19. The summed E-state index contributed by atoms with van der Waals surface area (Å²) in [5.74, 6) is -3.93. The Hall–Kier alpha value is -2.20. The monoisotopic (exact) mass is 402 g/mol. The van der Waals surface area contributed by atoms with Crippen LogP contribution in [0.5, 0.6) is 0 Å². The lowest BCUT2D eigenvalue weighted by molar-refractivity contribution is -0.143. The number of carboxylic acids is 1. The zero-order valence-electron chi connectivity index (χ0n) is 17.4. The molecule has 7 N–H and O–H groups in total. The first-order chi connectivity index (χ1) is 12.8. The fourth-order valence-electron chi connectivity index (χ4n) is 2.31. The standard InChI is InChI=1S/C18H34N4O6/c1-8(2)12(19)15(24)21-14(10(5)6)17(26)22-13(9(3)4)16(25)20-11(7-23)18(27)28/h8-14,23H,7,19H2,1-6H3,(H,20,25)(H,21,24)(H,22,26)(H,27,28). The van der Waals surface area contributed by atoms with Crippen LogP contribution in [-0.2, 0) is 19.2 Å². The van der Waals surface area contributed by atoms with Crippen LogP contribution in [-0.4, -0.2) is 64.7 Å². The third-order valence-corrected chi connectivity index (χ3v) is 4.31. The number of hydrogen-bond acceptors (Lipinski definition) is 6. The number of amides is 3. The second kappa shape index (κ2) is 11.6. The molecule has 0 fully saturated rings. The van der Waals surface area contributed by atoms with Gasteiger partial charge in [0.2, 0.25) is 17.7 Å². The first-order valence-electron chi connectivity index (χ1n) is 9.33. The molecule has 10 heteroatoms. The lowest BCUT2D eigenvalue weighted by Gasteiger charge is -2.28. The first-order valence-corrected chi connectivity index (χ1v) is 9.33. The van der Waals surface area contributed by atoms with E-state index in [0.717, 1.165) is 0 Å². The van der Waals surface area contributed by atoms with E-state index in [2.05, 4.69) is 16.0 Å². The summed E-state index contributed by atoms with van der Waals surface area (Å²) in [7, 11) is 0. The Morgan fingerprint density at radius 2 is 1.14 bits per heavy atom. The fraction of sp³-hybridized carbons (Fsp3) is 0.778. The Morgan fingerprint density at radius 1 is 0.750 bits per heavy atom. The third kappa shape index (κ3) is 7.81. The van der Waals surface area contributed by atoms with Gasteiger partial charge in [-0.3, -0.25) is 14.4 Å². The number of carboxylic acid groups (broad SMARTS) is 1. The van der Waals surface area contributed by atoms with Crippen molar-refractivity contribution in [3.63, 3.8) is 0 Å². The van der Waals surface area contributed by atoms with Crippen molar-refractivity contribution in [3.05, 3.63) is 0 Å². The minimum Gasteiger partial charge on any atom is -0.480 e. The summed E-state index contributed by atoms with van der Waals surface area (Å²) in [5, 5.41) is 25.4. The number of nitrogens with one attached hydrogen (secondary N) is 3. The number of rotatable bonds is 11. The highest BCUT2D eigenvalue weighted by molar-refractivity contribution is 5.94. The van der Waals surface area contributed by atoms with Crippen LogP contribution in [0.15, 0.2) is 0 Å². The highest BCUT2D eigenvalue weighted by Crippen LogP contribution is 2.08. The Labute approximate surface area is 165 Å². The third-order valence-electron chi connectivity index (χ3n) is 4.31. The molecule has 0 saturated carbocycles. The molecule has 0 aliphatic rings. The summed E-state index contributed by atoms with van der Waals surface area (Å²) >= 11 is 0. The van der Waals surface area contributed by atoms with Gasteiger partial charge in [-0.2, -0.15) is 0 Å². The van der Waals surface area contributed by atoms with Crippen molar-refractivity contribution in [3.8, 4) is 0 Å². The summed E-state index contributed by atoms with van der Waals surface area (Å²) in [6.45, 7) is 9.62. The van der Waals surface area contributed by atoms with E-state index < -0.39 is 54.5 Å². The molecule has 4 unspecified atom stereocenters. The summed E-state index contributed by atoms with van der Waals surface area (Å²) in [6, 6.07) is -4.22. The second-order valence-electron chi connectivity index (χ2n) is 7.81. The molecular weight excluding hydrogens is 368 g/mol. The Bertz CT molecular complexity index is 564. The molecule has 162 valence electrons. The predicted molar refractivity (Wildman–Crippen MR) is 103 cm³/mol. The van der Waals surface area contributed by atoms with Gasteiger partial charge >= 0.3 is 5.97 Å². The molecule has 0 spiro atoms. The number of carbonyl (C=O) groups excluding carboxylic acids is 3. The van der Waals surface area contributed by atoms with Crippen LogP contribution in [0.1, 0.15) is 41.5 Å². The number of hydrogen-bond donors (Lipinski definition) is 6. The summed E-state index contributed by atoms with van der Waals surface area (Å²) < 4.78 is 0. The van der Waals surface area contributed by atoms with Gasteiger partial charge in [0.15, 0.2) is 0 Å². The van der Waals surface area contributed by atoms with E-state index in [1.807, 2.05) is 0 Å². The molecule has 10 nitrogen and oxygen atoms in total. The zero-order valence-corrected chi connectivity index (χ0v) is 17.4. The van der Waals surface area contributed by atoms with Gasteiger partial charge in [-0.05, 0) is 17.8 Å². The maximum atomic E-state index is 12.7. The summed E-state index contributed by atoms with van der Waals surface area (Å²) in [6.07, 6.45) is 0. The van der Waals surface area contributed by atoms with Crippen LogP contribution in [0.3, 0.4) is 0 Å². The largest absolute Gasteiger partial charge is 0.480 e. The molecule has 0 saturated heterocycles. The van der Waals surface area contributed by atoms with Crippen LogP contribution < -0.4 is 21.7 Å². The number of aliphatic hydroxyl groups excluding tert-OH is 1. The van der Waals surface area contributed by atoms with Crippen LogP contribution in [0, 0.1) is 17.8 Å². The van der Waals surface area contributed by atoms with Gasteiger partial charge in [-0.15, -0.1) is 0 Å². The van der Waals surface area contributed by atoms with Gasteiger partial charge in [-0.1, -0.05) is 41.5 Å². The Balaban J connectivity index is 5.29. The highest BCUT2D eigenvalue weighted by atomic mass is 16.4. The number of carbonyl (C=O) groups is 4. The molecular formula is C18H34N4O6. The molecule has 28 heavy (non-hydrogen) atoms. The maximum absolute atomic E-state index is 12.7. The van der Waals surface area contributed by atoms with Gasteiger partial charge < -0.3 is 31.9 Å². The lowest BCUT2D eigenvalue weighted by atomic mass is 9.98. The van der Waals surface area contributed by atoms with Crippen molar-refractivity contribution >= 4 is 23.7 Å². The van der Waals surface area contributed by atoms with E-state index in [1.54, 1.807) is 41.5 Å². The zero-order chi connectivity index (χ0) is 22.2.